The first-order valence-electron chi connectivity index (χ1n) is 23.6. The van der Waals surface area contributed by atoms with Crippen LogP contribution in [0.2, 0.25) is 20.6 Å². The van der Waals surface area contributed by atoms with Crippen molar-refractivity contribution in [2.24, 2.45) is 0 Å². The van der Waals surface area contributed by atoms with Gasteiger partial charge in [0.1, 0.15) is 33.7 Å². The summed E-state index contributed by atoms with van der Waals surface area (Å²) >= 11 is 40.2. The largest absolute Gasteiger partial charge is 0.441 e. The zero-order valence-electron chi connectivity index (χ0n) is 46.0. The van der Waals surface area contributed by atoms with E-state index in [1.807, 2.05) is 43.4 Å². The third kappa shape index (κ3) is 23.1. The van der Waals surface area contributed by atoms with E-state index in [2.05, 4.69) is 115 Å². The number of hydrogen-bond acceptors (Lipinski definition) is 25. The SMILES string of the molecule is CON(C)C(=O)c1cccnc1Cl.CSc1nccc(C(=O)c2cccnc2Cl)n1.CSc1nccc(C(OC(C)=O)(c2ccnc(SC)n2)c2cccnc2Cl)n1.CSc1nccc(I)n1.CSc1nccc(I)n1.O=C(Cl)c1cccnc1Cl. The molecule has 0 spiro atoms. The molecular formula is C53H46Cl5I2N15O6S5. The van der Waals surface area contributed by atoms with Crippen molar-refractivity contribution in [1.82, 2.24) is 74.8 Å². The molecule has 0 aliphatic carbocycles. The Balaban J connectivity index is 0.000000235. The first-order valence-corrected chi connectivity index (χ1v) is 33.8. The molecule has 0 saturated carbocycles. The van der Waals surface area contributed by atoms with Gasteiger partial charge in [0, 0.05) is 75.3 Å². The van der Waals surface area contributed by atoms with Crippen molar-refractivity contribution in [2.75, 3.05) is 45.4 Å². The molecule has 0 aliphatic rings. The second-order valence-electron chi connectivity index (χ2n) is 15.2. The van der Waals surface area contributed by atoms with Gasteiger partial charge in [-0.1, -0.05) is 105 Å². The number of halogens is 7. The summed E-state index contributed by atoms with van der Waals surface area (Å²) in [7, 11) is 2.91. The average molecular weight is 1580 g/mol. The molecule has 0 saturated heterocycles. The van der Waals surface area contributed by atoms with Gasteiger partial charge in [-0.3, -0.25) is 24.0 Å². The number of nitrogens with zero attached hydrogens (tertiary/aromatic N) is 15. The van der Waals surface area contributed by atoms with E-state index in [-0.39, 0.29) is 37.9 Å². The van der Waals surface area contributed by atoms with E-state index < -0.39 is 16.8 Å². The number of ether oxygens (including phenoxy) is 1. The molecule has 86 heavy (non-hydrogen) atoms. The van der Waals surface area contributed by atoms with Crippen molar-refractivity contribution in [3.63, 3.8) is 0 Å². The highest BCUT2D eigenvalue weighted by atomic mass is 127. The summed E-state index contributed by atoms with van der Waals surface area (Å²) in [6.45, 7) is 1.33. The van der Waals surface area contributed by atoms with Gasteiger partial charge in [0.2, 0.25) is 11.4 Å². The van der Waals surface area contributed by atoms with E-state index >= 15 is 0 Å². The standard InChI is InChI=1S/C18H16ClN5O2S2.C11H8ClN3OS.C8H9ClN2O2.C6H3Cl2NO.2C5H5IN2S/c1-11(25)26-18(12-5-4-8-20-15(12)19,13-6-9-21-16(23-13)27-2)14-7-10-22-17(24-14)28-3;1-17-11-14-6-4-8(15-11)9(16)7-3-2-5-13-10(7)12;1-11(13-2)8(12)6-4-3-5-10-7(6)9;7-5-4(6(8)10)2-1-3-9-5;2*1-9-5-7-3-2-4(6)8-5/h4-10H,1-3H3;2-6H,1H3;3-5H,1-2H3;1-3H;2*2-3H,1H3. The predicted molar refractivity (Wildman–Crippen MR) is 356 cm³/mol. The number of carbonyl (C=O) groups is 4. The molecule has 9 aromatic rings. The number of aromatic nitrogens is 14. The molecule has 9 aromatic heterocycles. The van der Waals surface area contributed by atoms with Gasteiger partial charge in [0.05, 0.1) is 35.2 Å². The highest BCUT2D eigenvalue weighted by Crippen LogP contribution is 2.42. The minimum Gasteiger partial charge on any atom is -0.441 e. The van der Waals surface area contributed by atoms with Gasteiger partial charge in [0.25, 0.3) is 11.1 Å². The lowest BCUT2D eigenvalue weighted by atomic mass is 9.87. The van der Waals surface area contributed by atoms with Crippen LogP contribution in [0.1, 0.15) is 60.6 Å². The predicted octanol–water partition coefficient (Wildman–Crippen LogP) is 13.2. The fourth-order valence-electron chi connectivity index (χ4n) is 6.13. The summed E-state index contributed by atoms with van der Waals surface area (Å²) in [6.07, 6.45) is 23.9. The maximum Gasteiger partial charge on any atom is 0.304 e. The molecule has 448 valence electrons. The minimum atomic E-state index is -1.50. The molecule has 0 aliphatic heterocycles. The Hall–Kier alpha value is -5.10. The summed E-state index contributed by atoms with van der Waals surface area (Å²) in [5.74, 6) is -1.09. The Bertz CT molecular complexity index is 3610. The van der Waals surface area contributed by atoms with Crippen LogP contribution < -0.4 is 0 Å². The molecule has 0 radical (unpaired) electrons. The highest BCUT2D eigenvalue weighted by molar-refractivity contribution is 14.1. The summed E-state index contributed by atoms with van der Waals surface area (Å²) in [5, 5.41) is 4.44. The zero-order chi connectivity index (χ0) is 63.2. The van der Waals surface area contributed by atoms with Gasteiger partial charge in [-0.15, -0.1) is 0 Å². The Morgan fingerprint density at radius 2 is 0.849 bits per heavy atom. The number of carbonyl (C=O) groups excluding carboxylic acids is 4. The van der Waals surface area contributed by atoms with Crippen molar-refractivity contribution in [1.29, 1.82) is 0 Å². The van der Waals surface area contributed by atoms with Gasteiger partial charge < -0.3 is 4.74 Å². The highest BCUT2D eigenvalue weighted by Gasteiger charge is 2.45. The van der Waals surface area contributed by atoms with Crippen LogP contribution in [-0.4, -0.2) is 143 Å². The van der Waals surface area contributed by atoms with E-state index in [1.54, 1.807) is 121 Å². The van der Waals surface area contributed by atoms with Crippen molar-refractivity contribution in [3.05, 3.63) is 202 Å². The molecule has 9 heterocycles. The Kier molecular flexibility index (Phi) is 33.3. The van der Waals surface area contributed by atoms with E-state index in [1.165, 1.54) is 81.0 Å². The van der Waals surface area contributed by atoms with Crippen LogP contribution in [-0.2, 0) is 20.0 Å². The topological polar surface area (TPSA) is 270 Å². The van der Waals surface area contributed by atoms with Crippen LogP contribution in [0, 0.1) is 7.40 Å². The Morgan fingerprint density at radius 1 is 0.477 bits per heavy atom. The second kappa shape index (κ2) is 39.0. The van der Waals surface area contributed by atoms with Crippen LogP contribution in [0.25, 0.3) is 0 Å². The third-order valence-corrected chi connectivity index (χ3v) is 15.3. The summed E-state index contributed by atoms with van der Waals surface area (Å²) in [4.78, 5) is 109. The van der Waals surface area contributed by atoms with Crippen LogP contribution in [0.15, 0.2) is 160 Å². The number of thioether (sulfide) groups is 5. The summed E-state index contributed by atoms with van der Waals surface area (Å²) in [6, 6.07) is 21.7. The molecule has 9 rings (SSSR count). The summed E-state index contributed by atoms with van der Waals surface area (Å²) in [5.41, 5.74) is 1.02. The Labute approximate surface area is 568 Å². The van der Waals surface area contributed by atoms with Crippen LogP contribution >= 0.6 is 162 Å². The van der Waals surface area contributed by atoms with Gasteiger partial charge in [-0.2, -0.15) is 0 Å². The summed E-state index contributed by atoms with van der Waals surface area (Å²) < 4.78 is 7.90. The quantitative estimate of drug-likeness (QED) is 0.0113. The molecule has 0 atom stereocenters. The maximum atomic E-state index is 12.2. The van der Waals surface area contributed by atoms with Crippen LogP contribution in [0.3, 0.4) is 0 Å². The number of esters is 1. The Morgan fingerprint density at radius 3 is 1.21 bits per heavy atom. The fourth-order valence-corrected chi connectivity index (χ4v) is 10.1. The average Bonchev–Trinajstić information content (AvgIpc) is 0.918. The van der Waals surface area contributed by atoms with Gasteiger partial charge >= 0.3 is 5.97 Å². The van der Waals surface area contributed by atoms with Crippen molar-refractivity contribution >= 4 is 185 Å². The van der Waals surface area contributed by atoms with Gasteiger partial charge in [0.15, 0.2) is 25.8 Å². The molecule has 0 fully saturated rings. The number of hydroxylamine groups is 2. The second-order valence-corrected chi connectivity index (χ2v) is 23.1. The fraction of sp³-hybridized carbons (Fsp3) is 0.170. The number of pyridine rings is 4. The van der Waals surface area contributed by atoms with E-state index in [4.69, 9.17) is 67.6 Å². The first-order chi connectivity index (χ1) is 41.3. The molecule has 0 aromatic carbocycles. The van der Waals surface area contributed by atoms with E-state index in [9.17, 15) is 19.2 Å². The van der Waals surface area contributed by atoms with Crippen molar-refractivity contribution in [2.45, 2.75) is 38.3 Å². The van der Waals surface area contributed by atoms with Gasteiger partial charge in [-0.05, 0) is 167 Å². The monoisotopic (exact) mass is 1580 g/mol. The molecule has 21 nitrogen and oxygen atoms in total. The molecule has 0 bridgehead atoms. The lowest BCUT2D eigenvalue weighted by molar-refractivity contribution is -0.151. The van der Waals surface area contributed by atoms with Crippen LogP contribution in [0.4, 0.5) is 0 Å². The van der Waals surface area contributed by atoms with E-state index in [0.717, 1.165) is 22.8 Å². The molecule has 33 heteroatoms. The maximum absolute atomic E-state index is 12.2. The number of amides is 1. The molecule has 0 N–H and O–H groups in total. The molecule has 0 unspecified atom stereocenters. The zero-order valence-corrected chi connectivity index (χ0v) is 58.2. The molecular weight excluding hydrogens is 1530 g/mol. The smallest absolute Gasteiger partial charge is 0.304 e. The van der Waals surface area contributed by atoms with Gasteiger partial charge in [-0.25, -0.2) is 74.8 Å². The molecule has 1 amide bonds. The first kappa shape index (κ1) is 73.4. The number of hydrogen-bond donors (Lipinski definition) is 0. The number of rotatable bonds is 14. The third-order valence-electron chi connectivity index (χ3n) is 9.93. The van der Waals surface area contributed by atoms with E-state index in [0.29, 0.717) is 49.2 Å². The number of ketones is 1. The lowest BCUT2D eigenvalue weighted by Gasteiger charge is -2.33. The normalized spacial score (nSPS) is 10.3. The van der Waals surface area contributed by atoms with Crippen molar-refractivity contribution in [3.8, 4) is 0 Å². The minimum absolute atomic E-state index is 0.141. The van der Waals surface area contributed by atoms with Crippen LogP contribution in [0.5, 0.6) is 0 Å². The lowest BCUT2D eigenvalue weighted by Crippen LogP contribution is -2.37. The van der Waals surface area contributed by atoms with Crippen molar-refractivity contribution < 1.29 is 28.8 Å².